The zero-order valence-electron chi connectivity index (χ0n) is 10.0. The Bertz CT molecular complexity index is 622. The van der Waals surface area contributed by atoms with Crippen molar-refractivity contribution < 1.29 is 14.3 Å². The second-order valence-electron chi connectivity index (χ2n) is 4.50. The maximum absolute atomic E-state index is 11.3. The Kier molecular flexibility index (Phi) is 3.05. The first-order valence-electron chi connectivity index (χ1n) is 5.99. The third-order valence-electron chi connectivity index (χ3n) is 3.21. The molecular formula is C14H12ClNO3. The van der Waals surface area contributed by atoms with Gasteiger partial charge in [0.2, 0.25) is 5.91 Å². The first-order valence-corrected chi connectivity index (χ1v) is 6.36. The minimum absolute atomic E-state index is 0.0336. The maximum atomic E-state index is 11.3. The number of rotatable bonds is 2. The zero-order valence-corrected chi connectivity index (χ0v) is 10.8. The third-order valence-corrected chi connectivity index (χ3v) is 3.51. The molecule has 0 saturated carbocycles. The lowest BCUT2D eigenvalue weighted by Gasteiger charge is -2.20. The molecule has 1 unspecified atom stereocenters. The van der Waals surface area contributed by atoms with E-state index in [1.807, 2.05) is 6.07 Å². The van der Waals surface area contributed by atoms with Crippen molar-refractivity contribution in [2.24, 2.45) is 0 Å². The smallest absolute Gasteiger partial charge is 0.224 e. The number of aliphatic hydroxyl groups excluding tert-OH is 1. The van der Waals surface area contributed by atoms with Gasteiger partial charge in [-0.25, -0.2) is 0 Å². The Hall–Kier alpha value is -1.78. The largest absolute Gasteiger partial charge is 0.466 e. The molecule has 0 fully saturated rings. The van der Waals surface area contributed by atoms with Gasteiger partial charge in [-0.15, -0.1) is 0 Å². The number of benzene rings is 1. The lowest BCUT2D eigenvalue weighted by molar-refractivity contribution is -0.116. The van der Waals surface area contributed by atoms with Crippen LogP contribution in [0.4, 0.5) is 5.69 Å². The Labute approximate surface area is 115 Å². The molecule has 2 N–H and O–H groups in total. The monoisotopic (exact) mass is 277 g/mol. The quantitative estimate of drug-likeness (QED) is 0.887. The van der Waals surface area contributed by atoms with Gasteiger partial charge in [0.05, 0.1) is 17.0 Å². The number of anilines is 1. The van der Waals surface area contributed by atoms with Gasteiger partial charge in [0.1, 0.15) is 11.9 Å². The summed E-state index contributed by atoms with van der Waals surface area (Å²) in [7, 11) is 0. The van der Waals surface area contributed by atoms with Gasteiger partial charge in [0.15, 0.2) is 0 Å². The van der Waals surface area contributed by atoms with E-state index < -0.39 is 6.10 Å². The normalized spacial score (nSPS) is 15.8. The van der Waals surface area contributed by atoms with Crippen molar-refractivity contribution in [2.45, 2.75) is 18.9 Å². The van der Waals surface area contributed by atoms with Crippen molar-refractivity contribution in [3.63, 3.8) is 0 Å². The molecule has 0 saturated heterocycles. The minimum atomic E-state index is -0.851. The molecule has 0 bridgehead atoms. The third kappa shape index (κ3) is 2.25. The average molecular weight is 278 g/mol. The van der Waals surface area contributed by atoms with Gasteiger partial charge in [0, 0.05) is 6.42 Å². The standard InChI is InChI=1S/C14H12ClNO3/c15-10-7-9(14(18)11-2-1-5-19-11)6-8-3-4-12(17)16-13(8)10/h1-2,5-7,14,18H,3-4H2,(H,16,17). The molecule has 0 aliphatic carbocycles. The van der Waals surface area contributed by atoms with E-state index in [1.165, 1.54) is 6.26 Å². The van der Waals surface area contributed by atoms with Crippen LogP contribution < -0.4 is 5.32 Å². The Morgan fingerprint density at radius 3 is 2.95 bits per heavy atom. The van der Waals surface area contributed by atoms with E-state index >= 15 is 0 Å². The lowest BCUT2D eigenvalue weighted by atomic mass is 9.97. The fraction of sp³-hybridized carbons (Fsp3) is 0.214. The summed E-state index contributed by atoms with van der Waals surface area (Å²) in [5, 5.41) is 13.4. The predicted octanol–water partition coefficient (Wildman–Crippen LogP) is 2.90. The number of furan rings is 1. The molecule has 1 aliphatic rings. The maximum Gasteiger partial charge on any atom is 0.224 e. The summed E-state index contributed by atoms with van der Waals surface area (Å²) in [5.41, 5.74) is 2.25. The number of hydrogen-bond acceptors (Lipinski definition) is 3. The molecule has 1 aromatic carbocycles. The first kappa shape index (κ1) is 12.3. The molecule has 3 rings (SSSR count). The summed E-state index contributed by atoms with van der Waals surface area (Å²) in [5.74, 6) is 0.435. The second kappa shape index (κ2) is 4.72. The van der Waals surface area contributed by atoms with E-state index in [2.05, 4.69) is 5.32 Å². The minimum Gasteiger partial charge on any atom is -0.466 e. The number of carbonyl (C=O) groups is 1. The molecule has 0 radical (unpaired) electrons. The van der Waals surface area contributed by atoms with Crippen LogP contribution in [0.15, 0.2) is 34.9 Å². The highest BCUT2D eigenvalue weighted by molar-refractivity contribution is 6.34. The van der Waals surface area contributed by atoms with Crippen LogP contribution in [0.25, 0.3) is 0 Å². The van der Waals surface area contributed by atoms with Gasteiger partial charge in [-0.1, -0.05) is 17.7 Å². The molecule has 2 heterocycles. The van der Waals surface area contributed by atoms with Gasteiger partial charge in [-0.2, -0.15) is 0 Å². The highest BCUT2D eigenvalue weighted by atomic mass is 35.5. The SMILES string of the molecule is O=C1CCc2cc(C(O)c3ccco3)cc(Cl)c2N1. The van der Waals surface area contributed by atoms with Crippen molar-refractivity contribution in [3.8, 4) is 0 Å². The highest BCUT2D eigenvalue weighted by Gasteiger charge is 2.21. The molecule has 1 amide bonds. The van der Waals surface area contributed by atoms with Crippen LogP contribution in [-0.4, -0.2) is 11.0 Å². The summed E-state index contributed by atoms with van der Waals surface area (Å²) in [4.78, 5) is 11.3. The summed E-state index contributed by atoms with van der Waals surface area (Å²) in [6, 6.07) is 6.94. The zero-order chi connectivity index (χ0) is 13.4. The predicted molar refractivity (Wildman–Crippen MR) is 71.2 cm³/mol. The van der Waals surface area contributed by atoms with Gasteiger partial charge in [0.25, 0.3) is 0 Å². The molecular weight excluding hydrogens is 266 g/mol. The van der Waals surface area contributed by atoms with Crippen molar-refractivity contribution in [3.05, 3.63) is 52.4 Å². The molecule has 19 heavy (non-hydrogen) atoms. The van der Waals surface area contributed by atoms with Gasteiger partial charge in [-0.05, 0) is 35.7 Å². The Balaban J connectivity index is 2.01. The number of nitrogens with one attached hydrogen (secondary N) is 1. The second-order valence-corrected chi connectivity index (χ2v) is 4.91. The van der Waals surface area contributed by atoms with E-state index in [-0.39, 0.29) is 5.91 Å². The van der Waals surface area contributed by atoms with E-state index in [4.69, 9.17) is 16.0 Å². The van der Waals surface area contributed by atoms with Crippen LogP contribution >= 0.6 is 11.6 Å². The number of fused-ring (bicyclic) bond motifs is 1. The fourth-order valence-corrected chi connectivity index (χ4v) is 2.54. The molecule has 5 heteroatoms. The van der Waals surface area contributed by atoms with Crippen LogP contribution in [0.2, 0.25) is 5.02 Å². The van der Waals surface area contributed by atoms with Crippen molar-refractivity contribution in [2.75, 3.05) is 5.32 Å². The van der Waals surface area contributed by atoms with Crippen LogP contribution in [0, 0.1) is 0 Å². The number of carbonyl (C=O) groups excluding carboxylic acids is 1. The van der Waals surface area contributed by atoms with Crippen molar-refractivity contribution >= 4 is 23.2 Å². The molecule has 1 aliphatic heterocycles. The molecule has 4 nitrogen and oxygen atoms in total. The number of amides is 1. The van der Waals surface area contributed by atoms with Crippen LogP contribution in [0.3, 0.4) is 0 Å². The molecule has 1 atom stereocenters. The number of halogens is 1. The van der Waals surface area contributed by atoms with Crippen molar-refractivity contribution in [1.82, 2.24) is 0 Å². The van der Waals surface area contributed by atoms with E-state index in [0.29, 0.717) is 34.9 Å². The number of hydrogen-bond donors (Lipinski definition) is 2. The number of aliphatic hydroxyl groups is 1. The van der Waals surface area contributed by atoms with Crippen LogP contribution in [0.5, 0.6) is 0 Å². The summed E-state index contributed by atoms with van der Waals surface area (Å²) in [6.45, 7) is 0. The summed E-state index contributed by atoms with van der Waals surface area (Å²) < 4.78 is 5.19. The average Bonchev–Trinajstić information content (AvgIpc) is 2.92. The van der Waals surface area contributed by atoms with E-state index in [0.717, 1.165) is 5.56 Å². The van der Waals surface area contributed by atoms with E-state index in [9.17, 15) is 9.90 Å². The van der Waals surface area contributed by atoms with Gasteiger partial charge >= 0.3 is 0 Å². The molecule has 0 spiro atoms. The fourth-order valence-electron chi connectivity index (χ4n) is 2.24. The van der Waals surface area contributed by atoms with Crippen LogP contribution in [0.1, 0.15) is 29.4 Å². The molecule has 2 aromatic rings. The molecule has 1 aromatic heterocycles. The van der Waals surface area contributed by atoms with Gasteiger partial charge < -0.3 is 14.8 Å². The highest BCUT2D eigenvalue weighted by Crippen LogP contribution is 2.35. The lowest BCUT2D eigenvalue weighted by Crippen LogP contribution is -2.19. The topological polar surface area (TPSA) is 62.5 Å². The van der Waals surface area contributed by atoms with Gasteiger partial charge in [-0.3, -0.25) is 4.79 Å². The Morgan fingerprint density at radius 2 is 2.21 bits per heavy atom. The summed E-state index contributed by atoms with van der Waals surface area (Å²) >= 11 is 6.16. The summed E-state index contributed by atoms with van der Waals surface area (Å²) in [6.07, 6.45) is 1.72. The van der Waals surface area contributed by atoms with E-state index in [1.54, 1.807) is 18.2 Å². The van der Waals surface area contributed by atoms with Crippen molar-refractivity contribution in [1.29, 1.82) is 0 Å². The molecule has 98 valence electrons. The first-order chi connectivity index (χ1) is 9.15. The Morgan fingerprint density at radius 1 is 1.37 bits per heavy atom. The van der Waals surface area contributed by atoms with Crippen LogP contribution in [-0.2, 0) is 11.2 Å². The number of aryl methyl sites for hydroxylation is 1.